The van der Waals surface area contributed by atoms with Gasteiger partial charge in [-0.05, 0) is 53.0 Å². The monoisotopic (exact) mass is 414 g/mol. The molecule has 2 aromatic carbocycles. The van der Waals surface area contributed by atoms with Crippen LogP contribution in [-0.4, -0.2) is 29.8 Å². The van der Waals surface area contributed by atoms with Gasteiger partial charge in [0.05, 0.1) is 16.8 Å². The highest BCUT2D eigenvalue weighted by Gasteiger charge is 2.25. The summed E-state index contributed by atoms with van der Waals surface area (Å²) in [4.78, 5) is 27.5. The molecule has 26 heavy (non-hydrogen) atoms. The molecule has 0 bridgehead atoms. The van der Waals surface area contributed by atoms with Crippen molar-refractivity contribution in [3.05, 3.63) is 64.1 Å². The zero-order chi connectivity index (χ0) is 18.5. The Kier molecular flexibility index (Phi) is 6.09. The quantitative estimate of drug-likeness (QED) is 0.755. The normalized spacial score (nSPS) is 14.7. The van der Waals surface area contributed by atoms with Crippen LogP contribution in [0.5, 0.6) is 0 Å². The van der Waals surface area contributed by atoms with Crippen LogP contribution in [0.15, 0.2) is 53.0 Å². The van der Waals surface area contributed by atoms with Gasteiger partial charge in [-0.3, -0.25) is 9.59 Å². The maximum absolute atomic E-state index is 13.0. The third-order valence-electron chi connectivity index (χ3n) is 4.97. The summed E-state index contributed by atoms with van der Waals surface area (Å²) in [5.41, 5.74) is 1.61. The first-order valence-electron chi connectivity index (χ1n) is 9.00. The number of carbonyl (C=O) groups excluding carboxylic acids is 2. The van der Waals surface area contributed by atoms with E-state index in [9.17, 15) is 9.59 Å². The van der Waals surface area contributed by atoms with Gasteiger partial charge in [-0.25, -0.2) is 0 Å². The third-order valence-corrected chi connectivity index (χ3v) is 5.66. The first-order valence-corrected chi connectivity index (χ1v) is 9.79. The number of hydrogen-bond acceptors (Lipinski definition) is 2. The number of halogens is 1. The molecule has 0 aromatic heterocycles. The number of hydrogen-bond donors (Lipinski definition) is 1. The average molecular weight is 415 g/mol. The van der Waals surface area contributed by atoms with Gasteiger partial charge < -0.3 is 10.2 Å². The highest BCUT2D eigenvalue weighted by Crippen LogP contribution is 2.25. The number of benzene rings is 2. The van der Waals surface area contributed by atoms with Crippen molar-refractivity contribution in [1.29, 1.82) is 0 Å². The average Bonchev–Trinajstić information content (AvgIpc) is 2.68. The molecule has 5 heteroatoms. The molecule has 136 valence electrons. The van der Waals surface area contributed by atoms with Gasteiger partial charge in [0.1, 0.15) is 0 Å². The van der Waals surface area contributed by atoms with Crippen LogP contribution >= 0.6 is 15.9 Å². The minimum atomic E-state index is -0.238. The number of para-hydroxylation sites is 1. The van der Waals surface area contributed by atoms with Gasteiger partial charge >= 0.3 is 0 Å². The van der Waals surface area contributed by atoms with Gasteiger partial charge in [0.25, 0.3) is 11.8 Å². The van der Waals surface area contributed by atoms with E-state index in [1.54, 1.807) is 18.2 Å². The molecule has 0 radical (unpaired) electrons. The van der Waals surface area contributed by atoms with Gasteiger partial charge in [-0.1, -0.05) is 43.5 Å². The van der Waals surface area contributed by atoms with Crippen molar-refractivity contribution in [2.45, 2.75) is 38.1 Å². The Morgan fingerprint density at radius 3 is 2.27 bits per heavy atom. The molecule has 1 aliphatic carbocycles. The molecule has 1 N–H and O–H groups in total. The Labute approximate surface area is 162 Å². The van der Waals surface area contributed by atoms with Crippen molar-refractivity contribution >= 4 is 33.4 Å². The van der Waals surface area contributed by atoms with Gasteiger partial charge in [0.15, 0.2) is 0 Å². The maximum Gasteiger partial charge on any atom is 0.256 e. The minimum Gasteiger partial charge on any atom is -0.339 e. The highest BCUT2D eigenvalue weighted by atomic mass is 79.9. The fraction of sp³-hybridized carbons (Fsp3) is 0.333. The molecular formula is C21H23BrN2O2. The number of rotatable bonds is 4. The zero-order valence-electron chi connectivity index (χ0n) is 14.9. The number of nitrogens with one attached hydrogen (secondary N) is 1. The lowest BCUT2D eigenvalue weighted by atomic mass is 9.94. The second-order valence-electron chi connectivity index (χ2n) is 6.69. The summed E-state index contributed by atoms with van der Waals surface area (Å²) in [6.07, 6.45) is 5.68. The lowest BCUT2D eigenvalue weighted by Gasteiger charge is -2.31. The summed E-state index contributed by atoms with van der Waals surface area (Å²) in [6.45, 7) is 0. The van der Waals surface area contributed by atoms with E-state index in [0.29, 0.717) is 16.8 Å². The topological polar surface area (TPSA) is 49.4 Å². The van der Waals surface area contributed by atoms with Crippen molar-refractivity contribution in [3.63, 3.8) is 0 Å². The molecule has 1 fully saturated rings. The molecule has 0 atom stereocenters. The maximum atomic E-state index is 13.0. The van der Waals surface area contributed by atoms with Crippen molar-refractivity contribution < 1.29 is 9.59 Å². The molecule has 4 nitrogen and oxygen atoms in total. The summed E-state index contributed by atoms with van der Waals surface area (Å²) in [7, 11) is 1.87. The SMILES string of the molecule is CN(C(=O)c1ccccc1NC(=O)c1ccccc1Br)C1CCCCC1. The van der Waals surface area contributed by atoms with Crippen molar-refractivity contribution in [2.24, 2.45) is 0 Å². The van der Waals surface area contributed by atoms with E-state index in [0.717, 1.165) is 17.3 Å². The molecule has 0 spiro atoms. The first-order chi connectivity index (χ1) is 12.6. The Hall–Kier alpha value is -2.14. The van der Waals surface area contributed by atoms with Crippen LogP contribution in [0, 0.1) is 0 Å². The minimum absolute atomic E-state index is 0.0417. The van der Waals surface area contributed by atoms with Crippen LogP contribution in [0.1, 0.15) is 52.8 Å². The van der Waals surface area contributed by atoms with Crippen LogP contribution in [0.25, 0.3) is 0 Å². The van der Waals surface area contributed by atoms with E-state index in [1.807, 2.05) is 42.3 Å². The van der Waals surface area contributed by atoms with Crippen LogP contribution in [0.4, 0.5) is 5.69 Å². The fourth-order valence-electron chi connectivity index (χ4n) is 3.44. The van der Waals surface area contributed by atoms with E-state index in [1.165, 1.54) is 19.3 Å². The summed E-state index contributed by atoms with van der Waals surface area (Å²) >= 11 is 3.40. The largest absolute Gasteiger partial charge is 0.339 e. The summed E-state index contributed by atoms with van der Waals surface area (Å²) in [5, 5.41) is 2.89. The molecule has 3 rings (SSSR count). The Morgan fingerprint density at radius 1 is 0.962 bits per heavy atom. The highest BCUT2D eigenvalue weighted by molar-refractivity contribution is 9.10. The lowest BCUT2D eigenvalue weighted by molar-refractivity contribution is 0.0697. The van der Waals surface area contributed by atoms with Gasteiger partial charge in [-0.15, -0.1) is 0 Å². The van der Waals surface area contributed by atoms with Crippen LogP contribution < -0.4 is 5.32 Å². The van der Waals surface area contributed by atoms with E-state index >= 15 is 0 Å². The van der Waals surface area contributed by atoms with Crippen molar-refractivity contribution in [3.8, 4) is 0 Å². The van der Waals surface area contributed by atoms with E-state index in [2.05, 4.69) is 21.2 Å². The molecule has 0 heterocycles. The predicted octanol–water partition coefficient (Wildman–Crippen LogP) is 5.11. The lowest BCUT2D eigenvalue weighted by Crippen LogP contribution is -2.38. The van der Waals surface area contributed by atoms with E-state index in [-0.39, 0.29) is 17.9 Å². The predicted molar refractivity (Wildman–Crippen MR) is 108 cm³/mol. The van der Waals surface area contributed by atoms with Gasteiger partial charge in [-0.2, -0.15) is 0 Å². The summed E-state index contributed by atoms with van der Waals surface area (Å²) in [6, 6.07) is 14.7. The Balaban J connectivity index is 1.80. The number of nitrogens with zero attached hydrogens (tertiary/aromatic N) is 1. The fourth-order valence-corrected chi connectivity index (χ4v) is 3.90. The number of amides is 2. The van der Waals surface area contributed by atoms with E-state index < -0.39 is 0 Å². The van der Waals surface area contributed by atoms with Crippen LogP contribution in [-0.2, 0) is 0 Å². The number of carbonyl (C=O) groups is 2. The van der Waals surface area contributed by atoms with E-state index in [4.69, 9.17) is 0 Å². The van der Waals surface area contributed by atoms with Crippen molar-refractivity contribution in [1.82, 2.24) is 4.90 Å². The molecule has 0 saturated heterocycles. The van der Waals surface area contributed by atoms with Gasteiger partial charge in [0.2, 0.25) is 0 Å². The molecule has 1 aliphatic rings. The molecule has 1 saturated carbocycles. The first kappa shape index (κ1) is 18.6. The smallest absolute Gasteiger partial charge is 0.256 e. The van der Waals surface area contributed by atoms with Crippen LogP contribution in [0.2, 0.25) is 0 Å². The molecule has 0 unspecified atom stereocenters. The zero-order valence-corrected chi connectivity index (χ0v) is 16.5. The molecule has 2 aromatic rings. The summed E-state index contributed by atoms with van der Waals surface area (Å²) < 4.78 is 0.723. The third kappa shape index (κ3) is 4.15. The second kappa shape index (κ2) is 8.49. The molecule has 0 aliphatic heterocycles. The Morgan fingerprint density at radius 2 is 1.58 bits per heavy atom. The second-order valence-corrected chi connectivity index (χ2v) is 7.54. The molecule has 2 amide bonds. The molecular weight excluding hydrogens is 392 g/mol. The van der Waals surface area contributed by atoms with Gasteiger partial charge in [0, 0.05) is 17.6 Å². The van der Waals surface area contributed by atoms with Crippen molar-refractivity contribution in [2.75, 3.05) is 12.4 Å². The summed E-state index contributed by atoms with van der Waals surface area (Å²) in [5.74, 6) is -0.280. The van der Waals surface area contributed by atoms with Crippen LogP contribution in [0.3, 0.4) is 0 Å². The number of anilines is 1. The standard InChI is InChI=1S/C21H23BrN2O2/c1-24(15-9-3-2-4-10-15)21(26)17-12-6-8-14-19(17)23-20(25)16-11-5-7-13-18(16)22/h5-8,11-15H,2-4,9-10H2,1H3,(H,23,25). The Bertz CT molecular complexity index is 800.